The number of likely N-dealkylation sites (N-methyl/N-ethyl adjacent to an activating group) is 1. The number of rotatable bonds is 11. The van der Waals surface area contributed by atoms with Crippen molar-refractivity contribution < 1.29 is 33.5 Å². The molecule has 0 spiro atoms. The quantitative estimate of drug-likeness (QED) is 0.184. The van der Waals surface area contributed by atoms with Crippen molar-refractivity contribution in [2.45, 2.75) is 19.4 Å². The molecule has 2 aromatic rings. The highest BCUT2D eigenvalue weighted by atomic mass is 16.6. The van der Waals surface area contributed by atoms with E-state index in [0.717, 1.165) is 5.56 Å². The molecule has 2 aromatic carbocycles. The second-order valence-corrected chi connectivity index (χ2v) is 9.02. The highest BCUT2D eigenvalue weighted by Crippen LogP contribution is 2.40. The second kappa shape index (κ2) is 13.9. The molecule has 0 saturated carbocycles. The highest BCUT2D eigenvalue weighted by Gasteiger charge is 2.39. The predicted molar refractivity (Wildman–Crippen MR) is 145 cm³/mol. The van der Waals surface area contributed by atoms with Crippen LogP contribution in [0.1, 0.15) is 24.0 Å². The number of benzene rings is 2. The normalized spacial score (nSPS) is 14.9. The van der Waals surface area contributed by atoms with Crippen molar-refractivity contribution in [1.29, 1.82) is 0 Å². The number of nitrogens with one attached hydrogen (secondary N) is 2. The maximum absolute atomic E-state index is 13.5. The summed E-state index contributed by atoms with van der Waals surface area (Å²) in [4.78, 5) is 51.2. The molecule has 3 rings (SSSR count). The lowest BCUT2D eigenvalue weighted by Crippen LogP contribution is -2.36. The molecule has 1 aliphatic rings. The Morgan fingerprint density at radius 3 is 2.42 bits per heavy atom. The Labute approximate surface area is 231 Å². The first-order valence-corrected chi connectivity index (χ1v) is 12.4. The Kier molecular flexibility index (Phi) is 10.4. The van der Waals surface area contributed by atoms with Crippen LogP contribution in [0.4, 0.5) is 10.5 Å². The third-order valence-corrected chi connectivity index (χ3v) is 6.24. The summed E-state index contributed by atoms with van der Waals surface area (Å²) >= 11 is 0. The van der Waals surface area contributed by atoms with Gasteiger partial charge in [0.25, 0.3) is 5.69 Å². The molecule has 1 atom stereocenters. The summed E-state index contributed by atoms with van der Waals surface area (Å²) in [7, 11) is 4.45. The Morgan fingerprint density at radius 2 is 1.77 bits per heavy atom. The van der Waals surface area contributed by atoms with Crippen molar-refractivity contribution >= 4 is 23.7 Å². The van der Waals surface area contributed by atoms with Gasteiger partial charge < -0.3 is 24.8 Å². The molecule has 0 aromatic heterocycles. The lowest BCUT2D eigenvalue weighted by atomic mass is 9.80. The Balaban J connectivity index is 1.93. The molecule has 0 saturated heterocycles. The van der Waals surface area contributed by atoms with Crippen molar-refractivity contribution in [3.63, 3.8) is 0 Å². The summed E-state index contributed by atoms with van der Waals surface area (Å²) in [6, 6.07) is 15.4. The van der Waals surface area contributed by atoms with Gasteiger partial charge in [0.05, 0.1) is 34.8 Å². The summed E-state index contributed by atoms with van der Waals surface area (Å²) in [5.74, 6) is -2.60. The lowest BCUT2D eigenvalue weighted by Gasteiger charge is -2.31. The minimum absolute atomic E-state index is 0.0364. The number of methoxy groups -OCH3 is 1. The van der Waals surface area contributed by atoms with Gasteiger partial charge in [-0.1, -0.05) is 42.5 Å². The fourth-order valence-electron chi connectivity index (χ4n) is 4.34. The van der Waals surface area contributed by atoms with E-state index in [4.69, 9.17) is 14.2 Å². The van der Waals surface area contributed by atoms with Gasteiger partial charge in [0.1, 0.15) is 13.2 Å². The van der Waals surface area contributed by atoms with E-state index in [9.17, 15) is 24.5 Å². The third-order valence-electron chi connectivity index (χ3n) is 6.24. The van der Waals surface area contributed by atoms with Gasteiger partial charge >= 0.3 is 18.0 Å². The fraction of sp³-hybridized carbons (Fsp3) is 0.321. The zero-order valence-corrected chi connectivity index (χ0v) is 22.8. The van der Waals surface area contributed by atoms with E-state index in [1.165, 1.54) is 32.4 Å². The summed E-state index contributed by atoms with van der Waals surface area (Å²) in [5, 5.41) is 16.8. The number of esters is 2. The number of hydrogen-bond donors (Lipinski definition) is 2. The van der Waals surface area contributed by atoms with Crippen LogP contribution in [0.3, 0.4) is 0 Å². The van der Waals surface area contributed by atoms with Crippen LogP contribution in [-0.2, 0) is 30.3 Å². The van der Waals surface area contributed by atoms with Crippen LogP contribution in [-0.4, -0.2) is 68.8 Å². The van der Waals surface area contributed by atoms with E-state index < -0.39 is 28.9 Å². The van der Waals surface area contributed by atoms with Gasteiger partial charge in [0, 0.05) is 38.0 Å². The molecule has 1 heterocycles. The largest absolute Gasteiger partial charge is 0.466 e. The first kappa shape index (κ1) is 29.8. The smallest absolute Gasteiger partial charge is 0.407 e. The van der Waals surface area contributed by atoms with Crippen LogP contribution in [0.5, 0.6) is 0 Å². The van der Waals surface area contributed by atoms with Crippen molar-refractivity contribution in [1.82, 2.24) is 15.5 Å². The van der Waals surface area contributed by atoms with Crippen LogP contribution in [0.2, 0.25) is 0 Å². The van der Waals surface area contributed by atoms with E-state index in [-0.39, 0.29) is 35.7 Å². The molecule has 2 N–H and O–H groups in total. The van der Waals surface area contributed by atoms with Crippen molar-refractivity contribution in [3.8, 4) is 0 Å². The van der Waals surface area contributed by atoms with Gasteiger partial charge in [0.2, 0.25) is 0 Å². The number of nitro groups is 1. The van der Waals surface area contributed by atoms with E-state index >= 15 is 0 Å². The van der Waals surface area contributed by atoms with Crippen LogP contribution in [0.25, 0.3) is 0 Å². The number of nitro benzene ring substituents is 1. The number of ether oxygens (including phenoxy) is 3. The van der Waals surface area contributed by atoms with Crippen molar-refractivity contribution in [2.24, 2.45) is 0 Å². The minimum Gasteiger partial charge on any atom is -0.466 e. The molecule has 1 amide bonds. The molecule has 0 radical (unpaired) electrons. The van der Waals surface area contributed by atoms with E-state index in [2.05, 4.69) is 10.6 Å². The molecule has 12 nitrogen and oxygen atoms in total. The number of allylic oxidation sites excluding steroid dienone is 1. The monoisotopic (exact) mass is 552 g/mol. The van der Waals surface area contributed by atoms with Gasteiger partial charge in [-0.25, -0.2) is 14.4 Å². The molecule has 0 aliphatic carbocycles. The van der Waals surface area contributed by atoms with Crippen LogP contribution >= 0.6 is 0 Å². The summed E-state index contributed by atoms with van der Waals surface area (Å²) in [6.07, 6.45) is -0.739. The van der Waals surface area contributed by atoms with Crippen molar-refractivity contribution in [3.05, 3.63) is 98.4 Å². The standard InChI is InChI=1S/C28H32N4O8/c1-18-23(27(34)39-14-13-31(3)16-19-9-6-5-7-10-19)24(20-11-8-12-21(15-20)32(36)37)25(26(33)38-4)22(30-18)17-40-28(35)29-2/h5-12,15,24,30H,13-14,16-17H2,1-4H3,(H,29,35). The SMILES string of the molecule is CNC(=O)OCC1=C(C(=O)OC)C(c2cccc([N+](=O)[O-])c2)C(C(=O)OCCN(C)Cc2ccccc2)=C(C)N1. The number of dihydropyridines is 1. The fourth-order valence-corrected chi connectivity index (χ4v) is 4.34. The zero-order chi connectivity index (χ0) is 29.2. The Bertz CT molecular complexity index is 1320. The summed E-state index contributed by atoms with van der Waals surface area (Å²) in [6.45, 7) is 2.41. The van der Waals surface area contributed by atoms with Gasteiger partial charge in [-0.15, -0.1) is 0 Å². The Hall–Kier alpha value is -4.71. The molecule has 0 fully saturated rings. The van der Waals surface area contributed by atoms with E-state index in [1.54, 1.807) is 13.0 Å². The summed E-state index contributed by atoms with van der Waals surface area (Å²) < 4.78 is 15.8. The van der Waals surface area contributed by atoms with E-state index in [1.807, 2.05) is 42.3 Å². The number of carbonyl (C=O) groups excluding carboxylic acids is 3. The van der Waals surface area contributed by atoms with Gasteiger partial charge in [0.15, 0.2) is 0 Å². The predicted octanol–water partition coefficient (Wildman–Crippen LogP) is 3.01. The molecular weight excluding hydrogens is 520 g/mol. The van der Waals surface area contributed by atoms with Crippen LogP contribution < -0.4 is 10.6 Å². The summed E-state index contributed by atoms with van der Waals surface area (Å²) in [5.41, 5.74) is 1.72. The maximum atomic E-state index is 13.5. The average molecular weight is 553 g/mol. The second-order valence-electron chi connectivity index (χ2n) is 9.02. The number of amides is 1. The van der Waals surface area contributed by atoms with E-state index in [0.29, 0.717) is 24.4 Å². The lowest BCUT2D eigenvalue weighted by molar-refractivity contribution is -0.384. The van der Waals surface area contributed by atoms with Gasteiger partial charge in [-0.2, -0.15) is 0 Å². The number of non-ortho nitro benzene ring substituents is 1. The van der Waals surface area contributed by atoms with Crippen molar-refractivity contribution in [2.75, 3.05) is 41.0 Å². The third kappa shape index (κ3) is 7.44. The average Bonchev–Trinajstić information content (AvgIpc) is 2.95. The number of alkyl carbamates (subject to hydrolysis) is 1. The highest BCUT2D eigenvalue weighted by molar-refractivity contribution is 6.00. The first-order valence-electron chi connectivity index (χ1n) is 12.4. The first-order chi connectivity index (χ1) is 19.2. The topological polar surface area (TPSA) is 149 Å². The molecule has 0 bridgehead atoms. The molecular formula is C28H32N4O8. The van der Waals surface area contributed by atoms with Gasteiger partial charge in [-0.05, 0) is 25.1 Å². The minimum atomic E-state index is -1.09. The Morgan fingerprint density at radius 1 is 1.05 bits per heavy atom. The molecule has 1 unspecified atom stereocenters. The molecule has 40 heavy (non-hydrogen) atoms. The molecule has 212 valence electrons. The number of carbonyl (C=O) groups is 3. The maximum Gasteiger partial charge on any atom is 0.407 e. The van der Waals surface area contributed by atoms with Crippen LogP contribution in [0, 0.1) is 10.1 Å². The number of nitrogens with zero attached hydrogens (tertiary/aromatic N) is 2. The molecule has 1 aliphatic heterocycles. The van der Waals surface area contributed by atoms with Crippen LogP contribution in [0.15, 0.2) is 77.1 Å². The molecule has 12 heteroatoms. The number of hydrogen-bond acceptors (Lipinski definition) is 10. The van der Waals surface area contributed by atoms with Gasteiger partial charge in [-0.3, -0.25) is 15.0 Å². The zero-order valence-electron chi connectivity index (χ0n) is 22.8.